The van der Waals surface area contributed by atoms with Crippen LogP contribution in [-0.4, -0.2) is 35.9 Å². The summed E-state index contributed by atoms with van der Waals surface area (Å²) >= 11 is 0. The fourth-order valence-corrected chi connectivity index (χ4v) is 1.97. The van der Waals surface area contributed by atoms with Crippen molar-refractivity contribution in [3.63, 3.8) is 0 Å². The first-order chi connectivity index (χ1) is 9.19. The highest BCUT2D eigenvalue weighted by atomic mass is 15.2. The first-order valence-electron chi connectivity index (χ1n) is 7.11. The normalized spacial score (nSPS) is 11.9. The lowest BCUT2D eigenvalue weighted by atomic mass is 10.0. The fraction of sp³-hybridized carbons (Fsp3) is 0.714. The topological polar surface area (TPSA) is 54.2 Å². The quantitative estimate of drug-likeness (QED) is 0.581. The summed E-state index contributed by atoms with van der Waals surface area (Å²) in [5, 5.41) is 10.9. The smallest absolute Gasteiger partial charge is 0.190 e. The molecule has 0 aliphatic carbocycles. The van der Waals surface area contributed by atoms with Gasteiger partial charge in [0.05, 0.1) is 6.20 Å². The van der Waals surface area contributed by atoms with Gasteiger partial charge < -0.3 is 10.6 Å². The van der Waals surface area contributed by atoms with Crippen molar-refractivity contribution in [1.29, 1.82) is 0 Å². The first-order valence-corrected chi connectivity index (χ1v) is 7.11. The van der Waals surface area contributed by atoms with E-state index in [9.17, 15) is 0 Å². The number of aliphatic imine (C=N–C) groups is 1. The zero-order valence-corrected chi connectivity index (χ0v) is 12.6. The van der Waals surface area contributed by atoms with Crippen LogP contribution in [0.15, 0.2) is 17.4 Å². The van der Waals surface area contributed by atoms with E-state index in [0.717, 1.165) is 31.4 Å². The van der Waals surface area contributed by atoms with Crippen LogP contribution < -0.4 is 10.6 Å². The standard InChI is InChI=1S/C14H27N5/c1-5-12(6-2)9-17-14(15-3)16-8-7-13-10-18-19(4)11-13/h10-12H,5-9H2,1-4H3,(H2,15,16,17). The molecule has 5 heteroatoms. The van der Waals surface area contributed by atoms with E-state index < -0.39 is 0 Å². The maximum atomic E-state index is 4.24. The van der Waals surface area contributed by atoms with Crippen molar-refractivity contribution in [1.82, 2.24) is 20.4 Å². The number of nitrogens with one attached hydrogen (secondary N) is 2. The van der Waals surface area contributed by atoms with Crippen molar-refractivity contribution >= 4 is 5.96 Å². The van der Waals surface area contributed by atoms with Crippen LogP contribution in [0.1, 0.15) is 32.3 Å². The van der Waals surface area contributed by atoms with E-state index in [2.05, 4.69) is 34.6 Å². The number of rotatable bonds is 7. The molecule has 0 amide bonds. The van der Waals surface area contributed by atoms with Crippen LogP contribution in [0.3, 0.4) is 0 Å². The van der Waals surface area contributed by atoms with Gasteiger partial charge in [0.1, 0.15) is 0 Å². The number of aryl methyl sites for hydroxylation is 1. The Morgan fingerprint density at radius 3 is 2.63 bits per heavy atom. The van der Waals surface area contributed by atoms with E-state index in [1.807, 2.05) is 31.2 Å². The second kappa shape index (κ2) is 8.56. The van der Waals surface area contributed by atoms with Crippen molar-refractivity contribution in [2.45, 2.75) is 33.1 Å². The summed E-state index contributed by atoms with van der Waals surface area (Å²) in [6.45, 7) is 6.32. The van der Waals surface area contributed by atoms with Gasteiger partial charge in [0.25, 0.3) is 0 Å². The number of hydrogen-bond donors (Lipinski definition) is 2. The number of nitrogens with zero attached hydrogens (tertiary/aromatic N) is 3. The third-order valence-corrected chi connectivity index (χ3v) is 3.40. The molecule has 0 spiro atoms. The Kier molecular flexibility index (Phi) is 7.00. The average Bonchev–Trinajstić information content (AvgIpc) is 2.83. The van der Waals surface area contributed by atoms with Gasteiger partial charge in [-0.1, -0.05) is 26.7 Å². The van der Waals surface area contributed by atoms with Crippen LogP contribution in [0.5, 0.6) is 0 Å². The van der Waals surface area contributed by atoms with E-state index >= 15 is 0 Å². The first kappa shape index (κ1) is 15.5. The molecule has 0 radical (unpaired) electrons. The largest absolute Gasteiger partial charge is 0.356 e. The highest BCUT2D eigenvalue weighted by Crippen LogP contribution is 2.04. The molecule has 0 aliphatic heterocycles. The summed E-state index contributed by atoms with van der Waals surface area (Å²) in [5.41, 5.74) is 1.24. The molecule has 0 aromatic carbocycles. The predicted octanol–water partition coefficient (Wildman–Crippen LogP) is 1.56. The molecular formula is C14H27N5. The Hall–Kier alpha value is -1.52. The Labute approximate surface area is 116 Å². The Balaban J connectivity index is 2.25. The number of aromatic nitrogens is 2. The molecule has 0 unspecified atom stereocenters. The predicted molar refractivity (Wildman–Crippen MR) is 80.3 cm³/mol. The number of guanidine groups is 1. The molecule has 0 aliphatic rings. The molecule has 0 fully saturated rings. The van der Waals surface area contributed by atoms with E-state index in [4.69, 9.17) is 0 Å². The SMILES string of the molecule is CCC(CC)CNC(=NC)NCCc1cnn(C)c1. The van der Waals surface area contributed by atoms with Gasteiger partial charge in [0.2, 0.25) is 0 Å². The summed E-state index contributed by atoms with van der Waals surface area (Å²) in [5.74, 6) is 1.60. The molecule has 0 saturated carbocycles. The molecule has 0 atom stereocenters. The van der Waals surface area contributed by atoms with Crippen LogP contribution >= 0.6 is 0 Å². The molecule has 5 nitrogen and oxygen atoms in total. The van der Waals surface area contributed by atoms with Crippen molar-refractivity contribution in [3.8, 4) is 0 Å². The minimum Gasteiger partial charge on any atom is -0.356 e. The monoisotopic (exact) mass is 265 g/mol. The fourth-order valence-electron chi connectivity index (χ4n) is 1.97. The van der Waals surface area contributed by atoms with Crippen LogP contribution in [0.4, 0.5) is 0 Å². The zero-order chi connectivity index (χ0) is 14.1. The van der Waals surface area contributed by atoms with Gasteiger partial charge in [0.15, 0.2) is 5.96 Å². The highest BCUT2D eigenvalue weighted by molar-refractivity contribution is 5.79. The van der Waals surface area contributed by atoms with E-state index in [0.29, 0.717) is 0 Å². The van der Waals surface area contributed by atoms with E-state index in [-0.39, 0.29) is 0 Å². The lowest BCUT2D eigenvalue weighted by molar-refractivity contribution is 0.481. The third-order valence-electron chi connectivity index (χ3n) is 3.40. The van der Waals surface area contributed by atoms with Crippen molar-refractivity contribution in [3.05, 3.63) is 18.0 Å². The summed E-state index contributed by atoms with van der Waals surface area (Å²) in [7, 11) is 3.75. The van der Waals surface area contributed by atoms with Gasteiger partial charge in [-0.25, -0.2) is 0 Å². The molecule has 1 heterocycles. The molecule has 2 N–H and O–H groups in total. The van der Waals surface area contributed by atoms with Crippen molar-refractivity contribution < 1.29 is 0 Å². The van der Waals surface area contributed by atoms with Crippen molar-refractivity contribution in [2.75, 3.05) is 20.1 Å². The maximum absolute atomic E-state index is 4.24. The van der Waals surface area contributed by atoms with Crippen LogP contribution in [-0.2, 0) is 13.5 Å². The lowest BCUT2D eigenvalue weighted by Crippen LogP contribution is -2.40. The van der Waals surface area contributed by atoms with E-state index in [1.54, 1.807) is 0 Å². The molecule has 1 rings (SSSR count). The Bertz CT molecular complexity index is 379. The van der Waals surface area contributed by atoms with Gasteiger partial charge in [-0.15, -0.1) is 0 Å². The minimum absolute atomic E-state index is 0.719. The lowest BCUT2D eigenvalue weighted by Gasteiger charge is -2.16. The van der Waals surface area contributed by atoms with Crippen LogP contribution in [0.25, 0.3) is 0 Å². The van der Waals surface area contributed by atoms with Gasteiger partial charge in [0, 0.05) is 33.4 Å². The summed E-state index contributed by atoms with van der Waals surface area (Å²) in [6.07, 6.45) is 7.32. The van der Waals surface area contributed by atoms with Crippen LogP contribution in [0, 0.1) is 5.92 Å². The van der Waals surface area contributed by atoms with Gasteiger partial charge >= 0.3 is 0 Å². The van der Waals surface area contributed by atoms with Crippen molar-refractivity contribution in [2.24, 2.45) is 18.0 Å². The molecule has 1 aromatic rings. The van der Waals surface area contributed by atoms with E-state index in [1.165, 1.54) is 18.4 Å². The number of hydrogen-bond acceptors (Lipinski definition) is 2. The molecule has 1 aromatic heterocycles. The van der Waals surface area contributed by atoms with Gasteiger partial charge in [-0.3, -0.25) is 9.67 Å². The van der Waals surface area contributed by atoms with Gasteiger partial charge in [-0.2, -0.15) is 5.10 Å². The summed E-state index contributed by atoms with van der Waals surface area (Å²) in [4.78, 5) is 4.24. The molecular weight excluding hydrogens is 238 g/mol. The van der Waals surface area contributed by atoms with Crippen LogP contribution in [0.2, 0.25) is 0 Å². The minimum atomic E-state index is 0.719. The molecule has 19 heavy (non-hydrogen) atoms. The summed E-state index contributed by atoms with van der Waals surface area (Å²) < 4.78 is 1.83. The zero-order valence-electron chi connectivity index (χ0n) is 12.6. The highest BCUT2D eigenvalue weighted by Gasteiger charge is 2.04. The Morgan fingerprint density at radius 2 is 2.11 bits per heavy atom. The average molecular weight is 265 g/mol. The van der Waals surface area contributed by atoms with Gasteiger partial charge in [-0.05, 0) is 17.9 Å². The summed E-state index contributed by atoms with van der Waals surface area (Å²) in [6, 6.07) is 0. The Morgan fingerprint density at radius 1 is 1.37 bits per heavy atom. The molecule has 0 bridgehead atoms. The molecule has 108 valence electrons. The third kappa shape index (κ3) is 5.77. The maximum Gasteiger partial charge on any atom is 0.190 e. The molecule has 0 saturated heterocycles. The second-order valence-corrected chi connectivity index (χ2v) is 4.83. The second-order valence-electron chi connectivity index (χ2n) is 4.83.